The molecule has 12 nitrogen and oxygen atoms in total. The maximum absolute atomic E-state index is 15.8. The molecule has 0 spiro atoms. The first kappa shape index (κ1) is 30.4. The number of aromatic amines is 1. The lowest BCUT2D eigenvalue weighted by Crippen LogP contribution is -2.41. The summed E-state index contributed by atoms with van der Waals surface area (Å²) in [6.45, 7) is -0.396. The number of carbonyl (C=O) groups is 3. The molecule has 1 aliphatic heterocycles. The molecule has 7 rings (SSSR count). The van der Waals surface area contributed by atoms with E-state index in [-0.39, 0.29) is 27.9 Å². The van der Waals surface area contributed by atoms with Crippen molar-refractivity contribution in [3.05, 3.63) is 139 Å². The summed E-state index contributed by atoms with van der Waals surface area (Å²) in [7, 11) is 0. The molecule has 0 bridgehead atoms. The number of ether oxygens (including phenoxy) is 4. The Bertz CT molecular complexity index is 2060. The molecule has 240 valence electrons. The molecule has 1 N–H and O–H groups in total. The minimum Gasteiger partial charge on any atom is -0.459 e. The summed E-state index contributed by atoms with van der Waals surface area (Å²) in [6.07, 6.45) is 0.207. The van der Waals surface area contributed by atoms with Crippen molar-refractivity contribution in [2.24, 2.45) is 0 Å². The molecule has 6 aromatic rings. The molecule has 4 heterocycles. The molecule has 3 aromatic carbocycles. The predicted octanol–water partition coefficient (Wildman–Crippen LogP) is 5.17. The Balaban J connectivity index is 1.30. The standard InChI is InChI=1S/C35H26FN5O7/c36-24-17-41(31-27(24)28(39-20-40-31)25-16-37-19-38-25)32-30(48-35(44)23-14-8-3-9-15-23)29(47-34(43)22-12-6-2-7-13-22)26(46-32)18-45-33(42)21-10-4-1-5-11-21/h1-17,19-20,26,29-30,32H,18H2,(H,37,38)/t26-,29-,30-,32-/m1/s1. The number of imidazole rings is 1. The van der Waals surface area contributed by atoms with Crippen LogP contribution in [0.25, 0.3) is 22.4 Å². The van der Waals surface area contributed by atoms with Crippen molar-refractivity contribution in [3.8, 4) is 11.4 Å². The van der Waals surface area contributed by atoms with E-state index in [9.17, 15) is 14.4 Å². The first-order valence-corrected chi connectivity index (χ1v) is 14.9. The van der Waals surface area contributed by atoms with Crippen LogP contribution in [0.2, 0.25) is 0 Å². The van der Waals surface area contributed by atoms with Crippen LogP contribution >= 0.6 is 0 Å². The first-order valence-electron chi connectivity index (χ1n) is 14.9. The largest absolute Gasteiger partial charge is 0.459 e. The van der Waals surface area contributed by atoms with Gasteiger partial charge in [-0.3, -0.25) is 4.57 Å². The topological polar surface area (TPSA) is 148 Å². The Labute approximate surface area is 272 Å². The van der Waals surface area contributed by atoms with Crippen LogP contribution < -0.4 is 0 Å². The molecule has 48 heavy (non-hydrogen) atoms. The van der Waals surface area contributed by atoms with E-state index in [1.807, 2.05) is 0 Å². The Morgan fingerprint density at radius 3 is 1.96 bits per heavy atom. The lowest BCUT2D eigenvalue weighted by atomic mass is 10.1. The lowest BCUT2D eigenvalue weighted by molar-refractivity contribution is -0.0605. The number of H-pyrrole nitrogens is 1. The summed E-state index contributed by atoms with van der Waals surface area (Å²) < 4.78 is 41.1. The average molecular weight is 648 g/mol. The SMILES string of the molecule is O=C(OC[C@H]1O[C@@H](n2cc(F)c3c(-c4cnc[nH]4)ncnc32)[C@H](OC(=O)c2ccccc2)[C@@H]1OC(=O)c1ccccc1)c1ccccc1. The number of rotatable bonds is 9. The zero-order valence-electron chi connectivity index (χ0n) is 25.0. The molecule has 0 saturated carbocycles. The van der Waals surface area contributed by atoms with Gasteiger partial charge in [-0.05, 0) is 36.4 Å². The number of benzene rings is 3. The lowest BCUT2D eigenvalue weighted by Gasteiger charge is -2.25. The molecule has 0 unspecified atom stereocenters. The smallest absolute Gasteiger partial charge is 0.338 e. The summed E-state index contributed by atoms with van der Waals surface area (Å²) in [6, 6.07) is 24.7. The number of hydrogen-bond donors (Lipinski definition) is 1. The summed E-state index contributed by atoms with van der Waals surface area (Å²) >= 11 is 0. The Kier molecular flexibility index (Phi) is 8.41. The fourth-order valence-corrected chi connectivity index (χ4v) is 5.50. The van der Waals surface area contributed by atoms with Crippen LogP contribution in [0.3, 0.4) is 0 Å². The second-order valence-electron chi connectivity index (χ2n) is 10.8. The number of nitrogens with one attached hydrogen (secondary N) is 1. The van der Waals surface area contributed by atoms with Crippen molar-refractivity contribution < 1.29 is 37.7 Å². The third kappa shape index (κ3) is 6.01. The van der Waals surface area contributed by atoms with Gasteiger partial charge in [0.05, 0.1) is 40.3 Å². The van der Waals surface area contributed by atoms with Crippen LogP contribution in [-0.2, 0) is 18.9 Å². The molecule has 0 amide bonds. The molecule has 13 heteroatoms. The van der Waals surface area contributed by atoms with Crippen LogP contribution in [0.1, 0.15) is 37.3 Å². The van der Waals surface area contributed by atoms with Gasteiger partial charge in [-0.2, -0.15) is 0 Å². The molecule has 4 atom stereocenters. The molecular weight excluding hydrogens is 621 g/mol. The highest BCUT2D eigenvalue weighted by Gasteiger charge is 2.52. The van der Waals surface area contributed by atoms with Crippen molar-refractivity contribution in [1.82, 2.24) is 24.5 Å². The fourth-order valence-electron chi connectivity index (χ4n) is 5.50. The molecule has 1 saturated heterocycles. The van der Waals surface area contributed by atoms with Crippen LogP contribution in [0.5, 0.6) is 0 Å². The quantitative estimate of drug-likeness (QED) is 0.165. The van der Waals surface area contributed by atoms with Gasteiger partial charge in [-0.15, -0.1) is 0 Å². The summed E-state index contributed by atoms with van der Waals surface area (Å²) in [5, 5.41) is 0.0512. The highest BCUT2D eigenvalue weighted by atomic mass is 19.1. The van der Waals surface area contributed by atoms with Gasteiger partial charge < -0.3 is 23.9 Å². The number of hydrogen-bond acceptors (Lipinski definition) is 10. The van der Waals surface area contributed by atoms with Crippen LogP contribution in [0.4, 0.5) is 4.39 Å². The highest BCUT2D eigenvalue weighted by Crippen LogP contribution is 2.39. The second-order valence-corrected chi connectivity index (χ2v) is 10.8. The van der Waals surface area contributed by atoms with Gasteiger partial charge in [-0.25, -0.2) is 33.7 Å². The predicted molar refractivity (Wildman–Crippen MR) is 167 cm³/mol. The molecule has 0 aliphatic carbocycles. The Morgan fingerprint density at radius 1 is 0.792 bits per heavy atom. The van der Waals surface area contributed by atoms with Gasteiger partial charge in [0.2, 0.25) is 0 Å². The summed E-state index contributed by atoms with van der Waals surface area (Å²) in [5.74, 6) is -2.83. The molecule has 1 fully saturated rings. The highest BCUT2D eigenvalue weighted by molar-refractivity contribution is 5.92. The van der Waals surface area contributed by atoms with E-state index < -0.39 is 54.9 Å². The molecule has 1 aliphatic rings. The minimum absolute atomic E-state index is 0.0512. The first-order chi connectivity index (χ1) is 23.5. The number of aromatic nitrogens is 5. The second kappa shape index (κ2) is 13.3. The van der Waals surface area contributed by atoms with E-state index in [1.165, 1.54) is 23.4 Å². The third-order valence-corrected chi connectivity index (χ3v) is 7.77. The van der Waals surface area contributed by atoms with Gasteiger partial charge in [-0.1, -0.05) is 54.6 Å². The summed E-state index contributed by atoms with van der Waals surface area (Å²) in [5.41, 5.74) is 1.52. The van der Waals surface area contributed by atoms with Crippen molar-refractivity contribution >= 4 is 28.9 Å². The summed E-state index contributed by atoms with van der Waals surface area (Å²) in [4.78, 5) is 55.3. The Hall–Kier alpha value is -6.21. The maximum atomic E-state index is 15.8. The van der Waals surface area contributed by atoms with E-state index >= 15 is 4.39 Å². The number of halogens is 1. The maximum Gasteiger partial charge on any atom is 0.338 e. The molecular formula is C35H26FN5O7. The van der Waals surface area contributed by atoms with Gasteiger partial charge >= 0.3 is 17.9 Å². The van der Waals surface area contributed by atoms with Crippen LogP contribution in [-0.4, -0.2) is 67.3 Å². The van der Waals surface area contributed by atoms with E-state index in [0.717, 1.165) is 6.20 Å². The van der Waals surface area contributed by atoms with Gasteiger partial charge in [0.15, 0.2) is 24.3 Å². The van der Waals surface area contributed by atoms with Crippen molar-refractivity contribution in [1.29, 1.82) is 0 Å². The van der Waals surface area contributed by atoms with Crippen LogP contribution in [0, 0.1) is 5.82 Å². The van der Waals surface area contributed by atoms with Crippen molar-refractivity contribution in [3.63, 3.8) is 0 Å². The number of nitrogens with zero attached hydrogens (tertiary/aromatic N) is 4. The monoisotopic (exact) mass is 647 g/mol. The van der Waals surface area contributed by atoms with Crippen LogP contribution in [0.15, 0.2) is 116 Å². The van der Waals surface area contributed by atoms with E-state index in [2.05, 4.69) is 19.9 Å². The normalized spacial score (nSPS) is 18.8. The molecule has 3 aromatic heterocycles. The Morgan fingerprint density at radius 2 is 1.38 bits per heavy atom. The zero-order chi connectivity index (χ0) is 33.0. The number of carbonyl (C=O) groups excluding carboxylic acids is 3. The van der Waals surface area contributed by atoms with E-state index in [4.69, 9.17) is 18.9 Å². The molecule has 0 radical (unpaired) electrons. The van der Waals surface area contributed by atoms with Gasteiger partial charge in [0.25, 0.3) is 0 Å². The zero-order valence-corrected chi connectivity index (χ0v) is 25.0. The fraction of sp³-hybridized carbons (Fsp3) is 0.143. The van der Waals surface area contributed by atoms with Gasteiger partial charge in [0.1, 0.15) is 30.4 Å². The van der Waals surface area contributed by atoms with Crippen molar-refractivity contribution in [2.45, 2.75) is 24.5 Å². The van der Waals surface area contributed by atoms with E-state index in [0.29, 0.717) is 11.3 Å². The third-order valence-electron chi connectivity index (χ3n) is 7.77. The van der Waals surface area contributed by atoms with Crippen molar-refractivity contribution in [2.75, 3.05) is 6.61 Å². The minimum atomic E-state index is -1.36. The number of fused-ring (bicyclic) bond motifs is 1. The number of esters is 3. The average Bonchev–Trinajstić information content (AvgIpc) is 3.87. The van der Waals surface area contributed by atoms with E-state index in [1.54, 1.807) is 91.0 Å². The van der Waals surface area contributed by atoms with Gasteiger partial charge in [0, 0.05) is 6.20 Å².